The van der Waals surface area contributed by atoms with Crippen LogP contribution in [-0.4, -0.2) is 60.1 Å². The number of benzene rings is 2. The predicted molar refractivity (Wildman–Crippen MR) is 129 cm³/mol. The van der Waals surface area contributed by atoms with Crippen molar-refractivity contribution in [3.8, 4) is 0 Å². The molecule has 0 aliphatic carbocycles. The third-order valence-electron chi connectivity index (χ3n) is 5.19. The molecule has 1 N–H and O–H groups in total. The van der Waals surface area contributed by atoms with E-state index in [1.807, 2.05) is 6.92 Å². The Morgan fingerprint density at radius 3 is 2.40 bits per heavy atom. The largest absolute Gasteiger partial charge is 0.462 e. The Kier molecular flexibility index (Phi) is 9.02. The molecule has 1 aliphatic heterocycles. The highest BCUT2D eigenvalue weighted by Crippen LogP contribution is 2.33. The van der Waals surface area contributed by atoms with E-state index in [-0.39, 0.29) is 23.8 Å². The fourth-order valence-corrected chi connectivity index (χ4v) is 4.42. The number of esters is 2. The third-order valence-corrected chi connectivity index (χ3v) is 6.45. The number of thioether (sulfide) groups is 1. The Hall–Kier alpha value is -3.66. The van der Waals surface area contributed by atoms with Crippen molar-refractivity contribution in [1.82, 2.24) is 4.90 Å². The molecule has 0 aromatic heterocycles. The molecule has 0 saturated carbocycles. The Morgan fingerprint density at radius 1 is 1.03 bits per heavy atom. The van der Waals surface area contributed by atoms with Crippen LogP contribution in [0.2, 0.25) is 0 Å². The van der Waals surface area contributed by atoms with Gasteiger partial charge < -0.3 is 14.8 Å². The number of amides is 3. The van der Waals surface area contributed by atoms with E-state index < -0.39 is 29.7 Å². The summed E-state index contributed by atoms with van der Waals surface area (Å²) in [4.78, 5) is 62.3. The molecule has 0 bridgehead atoms. The third kappa shape index (κ3) is 6.92. The van der Waals surface area contributed by atoms with Gasteiger partial charge in [-0.25, -0.2) is 9.59 Å². The SMILES string of the molecule is CCCCOC(=O)c1ccc(NC(=O)COC(=O)c2ccccc2SC2CC(=O)N(C)C2=O)cc1. The van der Waals surface area contributed by atoms with Gasteiger partial charge in [0.2, 0.25) is 11.8 Å². The first-order chi connectivity index (χ1) is 16.8. The zero-order valence-electron chi connectivity index (χ0n) is 19.4. The van der Waals surface area contributed by atoms with Crippen molar-refractivity contribution >= 4 is 47.1 Å². The quantitative estimate of drug-likeness (QED) is 0.301. The van der Waals surface area contributed by atoms with Crippen LogP contribution >= 0.6 is 11.8 Å². The number of ether oxygens (including phenoxy) is 2. The number of nitrogens with zero attached hydrogens (tertiary/aromatic N) is 1. The van der Waals surface area contributed by atoms with Gasteiger partial charge in [0, 0.05) is 24.1 Å². The second kappa shape index (κ2) is 12.2. The van der Waals surface area contributed by atoms with Crippen molar-refractivity contribution < 1.29 is 33.4 Å². The van der Waals surface area contributed by atoms with Crippen LogP contribution < -0.4 is 5.32 Å². The van der Waals surface area contributed by atoms with Crippen molar-refractivity contribution in [2.75, 3.05) is 25.6 Å². The monoisotopic (exact) mass is 498 g/mol. The smallest absolute Gasteiger partial charge is 0.339 e. The molecule has 184 valence electrons. The van der Waals surface area contributed by atoms with Crippen LogP contribution in [0.5, 0.6) is 0 Å². The standard InChI is InChI=1S/C25H26N2O7S/c1-3-4-13-33-24(31)16-9-11-17(12-10-16)26-21(28)15-34-25(32)18-7-5-6-8-19(18)35-20-14-22(29)27(2)23(20)30/h5-12,20H,3-4,13-15H2,1-2H3,(H,26,28). The number of carbonyl (C=O) groups excluding carboxylic acids is 5. The van der Waals surface area contributed by atoms with E-state index in [0.29, 0.717) is 22.8 Å². The highest BCUT2D eigenvalue weighted by Gasteiger charge is 2.37. The molecule has 1 atom stereocenters. The van der Waals surface area contributed by atoms with Gasteiger partial charge in [0.25, 0.3) is 5.91 Å². The molecule has 10 heteroatoms. The molecule has 3 amide bonds. The van der Waals surface area contributed by atoms with Gasteiger partial charge in [-0.05, 0) is 42.8 Å². The van der Waals surface area contributed by atoms with E-state index in [0.717, 1.165) is 29.5 Å². The maximum Gasteiger partial charge on any atom is 0.339 e. The van der Waals surface area contributed by atoms with Crippen molar-refractivity contribution in [2.24, 2.45) is 0 Å². The van der Waals surface area contributed by atoms with Crippen LogP contribution in [0.15, 0.2) is 53.4 Å². The van der Waals surface area contributed by atoms with E-state index in [1.165, 1.54) is 25.2 Å². The van der Waals surface area contributed by atoms with Crippen molar-refractivity contribution in [3.05, 3.63) is 59.7 Å². The number of rotatable bonds is 10. The van der Waals surface area contributed by atoms with Crippen LogP contribution in [0, 0.1) is 0 Å². The number of nitrogens with one attached hydrogen (secondary N) is 1. The van der Waals surface area contributed by atoms with Crippen molar-refractivity contribution in [3.63, 3.8) is 0 Å². The lowest BCUT2D eigenvalue weighted by molar-refractivity contribution is -0.136. The molecule has 1 unspecified atom stereocenters. The fourth-order valence-electron chi connectivity index (χ4n) is 3.19. The Balaban J connectivity index is 1.53. The Bertz CT molecular complexity index is 1120. The highest BCUT2D eigenvalue weighted by atomic mass is 32.2. The van der Waals surface area contributed by atoms with Crippen LogP contribution in [-0.2, 0) is 23.9 Å². The molecule has 9 nitrogen and oxygen atoms in total. The van der Waals surface area contributed by atoms with E-state index in [9.17, 15) is 24.0 Å². The predicted octanol–water partition coefficient (Wildman–Crippen LogP) is 3.29. The molecule has 2 aromatic carbocycles. The second-order valence-corrected chi connectivity index (χ2v) is 9.03. The number of imide groups is 1. The summed E-state index contributed by atoms with van der Waals surface area (Å²) in [6.07, 6.45) is 1.77. The molecule has 1 aliphatic rings. The molecular weight excluding hydrogens is 472 g/mol. The zero-order chi connectivity index (χ0) is 25.4. The maximum absolute atomic E-state index is 12.6. The van der Waals surface area contributed by atoms with Gasteiger partial charge in [0.1, 0.15) is 0 Å². The van der Waals surface area contributed by atoms with E-state index >= 15 is 0 Å². The Morgan fingerprint density at radius 2 is 1.74 bits per heavy atom. The highest BCUT2D eigenvalue weighted by molar-refractivity contribution is 8.00. The lowest BCUT2D eigenvalue weighted by Crippen LogP contribution is -2.26. The van der Waals surface area contributed by atoms with E-state index in [2.05, 4.69) is 5.32 Å². The average molecular weight is 499 g/mol. The van der Waals surface area contributed by atoms with Crippen LogP contribution in [0.4, 0.5) is 5.69 Å². The first-order valence-corrected chi connectivity index (χ1v) is 12.0. The van der Waals surface area contributed by atoms with Gasteiger partial charge in [-0.2, -0.15) is 0 Å². The summed E-state index contributed by atoms with van der Waals surface area (Å²) >= 11 is 1.12. The van der Waals surface area contributed by atoms with Gasteiger partial charge >= 0.3 is 11.9 Å². The number of hydrogen-bond donors (Lipinski definition) is 1. The average Bonchev–Trinajstić information content (AvgIpc) is 3.09. The molecule has 1 saturated heterocycles. The minimum Gasteiger partial charge on any atom is -0.462 e. The van der Waals surface area contributed by atoms with E-state index in [4.69, 9.17) is 9.47 Å². The summed E-state index contributed by atoms with van der Waals surface area (Å²) in [6.45, 7) is 1.83. The van der Waals surface area contributed by atoms with E-state index in [1.54, 1.807) is 30.3 Å². The first kappa shape index (κ1) is 26.0. The molecule has 2 aromatic rings. The van der Waals surface area contributed by atoms with Crippen LogP contribution in [0.1, 0.15) is 46.9 Å². The molecule has 0 spiro atoms. The summed E-state index contributed by atoms with van der Waals surface area (Å²) in [5.74, 6) is -2.30. The molecule has 3 rings (SSSR count). The number of hydrogen-bond acceptors (Lipinski definition) is 8. The molecule has 35 heavy (non-hydrogen) atoms. The van der Waals surface area contributed by atoms with Gasteiger partial charge in [0.15, 0.2) is 6.61 Å². The van der Waals surface area contributed by atoms with Crippen LogP contribution in [0.3, 0.4) is 0 Å². The normalized spacial score (nSPS) is 15.1. The summed E-state index contributed by atoms with van der Waals surface area (Å²) in [5, 5.41) is 1.98. The minimum absolute atomic E-state index is 0.0566. The van der Waals surface area contributed by atoms with Crippen molar-refractivity contribution in [2.45, 2.75) is 36.3 Å². The van der Waals surface area contributed by atoms with Gasteiger partial charge in [0.05, 0.1) is 23.0 Å². The van der Waals surface area contributed by atoms with Gasteiger partial charge in [-0.15, -0.1) is 11.8 Å². The number of anilines is 1. The summed E-state index contributed by atoms with van der Waals surface area (Å²) in [5.41, 5.74) is 1.000. The van der Waals surface area contributed by atoms with Gasteiger partial charge in [-0.1, -0.05) is 25.5 Å². The molecule has 1 fully saturated rings. The molecular formula is C25H26N2O7S. The topological polar surface area (TPSA) is 119 Å². The number of unbranched alkanes of at least 4 members (excludes halogenated alkanes) is 1. The second-order valence-electron chi connectivity index (χ2n) is 7.79. The Labute approximate surface area is 207 Å². The lowest BCUT2D eigenvalue weighted by atomic mass is 10.2. The fraction of sp³-hybridized carbons (Fsp3) is 0.320. The number of carbonyl (C=O) groups is 5. The first-order valence-electron chi connectivity index (χ1n) is 11.1. The zero-order valence-corrected chi connectivity index (χ0v) is 20.3. The summed E-state index contributed by atoms with van der Waals surface area (Å²) in [6, 6.07) is 12.7. The lowest BCUT2D eigenvalue weighted by Gasteiger charge is -2.12. The van der Waals surface area contributed by atoms with Gasteiger partial charge in [-0.3, -0.25) is 19.3 Å². The summed E-state index contributed by atoms with van der Waals surface area (Å²) in [7, 11) is 1.43. The maximum atomic E-state index is 12.6. The van der Waals surface area contributed by atoms with Crippen LogP contribution in [0.25, 0.3) is 0 Å². The minimum atomic E-state index is -0.724. The summed E-state index contributed by atoms with van der Waals surface area (Å²) < 4.78 is 10.3. The van der Waals surface area contributed by atoms with Crippen molar-refractivity contribution in [1.29, 1.82) is 0 Å². The number of likely N-dealkylation sites (tertiary alicyclic amines) is 1. The molecule has 1 heterocycles. The molecule has 0 radical (unpaired) electrons.